The second-order valence-electron chi connectivity index (χ2n) is 29.3. The van der Waals surface area contributed by atoms with Gasteiger partial charge >= 0.3 is 39.5 Å². The summed E-state index contributed by atoms with van der Waals surface area (Å²) in [5.41, 5.74) is 0. The molecule has 0 aromatic rings. The van der Waals surface area contributed by atoms with Crippen LogP contribution in [0.4, 0.5) is 0 Å². The summed E-state index contributed by atoms with van der Waals surface area (Å²) in [4.78, 5) is 72.8. The molecule has 0 aliphatic heterocycles. The highest BCUT2D eigenvalue weighted by molar-refractivity contribution is 7.47. The zero-order valence-corrected chi connectivity index (χ0v) is 64.1. The van der Waals surface area contributed by atoms with Crippen molar-refractivity contribution in [3.63, 3.8) is 0 Å². The highest BCUT2D eigenvalue weighted by Crippen LogP contribution is 2.45. The van der Waals surface area contributed by atoms with Crippen LogP contribution in [-0.4, -0.2) is 96.7 Å². The average molecular weight is 1400 g/mol. The molecule has 0 aromatic carbocycles. The first-order valence-corrected chi connectivity index (χ1v) is 42.2. The van der Waals surface area contributed by atoms with Crippen molar-refractivity contribution >= 4 is 39.5 Å². The number of aliphatic hydroxyl groups excluding tert-OH is 1. The monoisotopic (exact) mass is 1400 g/mol. The van der Waals surface area contributed by atoms with Gasteiger partial charge in [-0.15, -0.1) is 0 Å². The Morgan fingerprint density at radius 3 is 0.653 bits per heavy atom. The smallest absolute Gasteiger partial charge is 0.462 e. The number of phosphoric acid groups is 2. The van der Waals surface area contributed by atoms with Crippen LogP contribution in [0.2, 0.25) is 0 Å². The molecule has 95 heavy (non-hydrogen) atoms. The van der Waals surface area contributed by atoms with E-state index in [4.69, 9.17) is 37.0 Å². The van der Waals surface area contributed by atoms with Crippen molar-refractivity contribution in [2.24, 2.45) is 23.7 Å². The van der Waals surface area contributed by atoms with Gasteiger partial charge in [-0.1, -0.05) is 331 Å². The number of hydrogen-bond donors (Lipinski definition) is 3. The zero-order valence-electron chi connectivity index (χ0n) is 62.3. The summed E-state index contributed by atoms with van der Waals surface area (Å²) in [6.45, 7) is 14.2. The molecule has 3 N–H and O–H groups in total. The van der Waals surface area contributed by atoms with Gasteiger partial charge in [0.25, 0.3) is 0 Å². The topological polar surface area (TPSA) is 237 Å². The molecule has 3 unspecified atom stereocenters. The molecule has 0 aliphatic rings. The lowest BCUT2D eigenvalue weighted by molar-refractivity contribution is -0.161. The Kier molecular flexibility index (Phi) is 64.0. The van der Waals surface area contributed by atoms with E-state index in [0.717, 1.165) is 114 Å². The Hall–Kier alpha value is -1.94. The van der Waals surface area contributed by atoms with E-state index in [-0.39, 0.29) is 25.7 Å². The molecule has 5 atom stereocenters. The zero-order chi connectivity index (χ0) is 70.3. The summed E-state index contributed by atoms with van der Waals surface area (Å²) in [7, 11) is -9.91. The number of carbonyl (C=O) groups is 4. The predicted molar refractivity (Wildman–Crippen MR) is 386 cm³/mol. The Balaban J connectivity index is 5.24. The molecular weight excluding hydrogens is 1250 g/mol. The molecule has 564 valence electrons. The molecule has 0 spiro atoms. The molecule has 0 bridgehead atoms. The summed E-state index contributed by atoms with van der Waals surface area (Å²) in [6, 6.07) is 0. The van der Waals surface area contributed by atoms with Crippen molar-refractivity contribution in [3.8, 4) is 0 Å². The van der Waals surface area contributed by atoms with E-state index >= 15 is 0 Å². The largest absolute Gasteiger partial charge is 0.472 e. The summed E-state index contributed by atoms with van der Waals surface area (Å²) in [5.74, 6) is 0.903. The van der Waals surface area contributed by atoms with E-state index in [2.05, 4.69) is 55.4 Å². The molecule has 0 saturated carbocycles. The van der Waals surface area contributed by atoms with Crippen LogP contribution in [0.3, 0.4) is 0 Å². The Bertz CT molecular complexity index is 1870. The van der Waals surface area contributed by atoms with Crippen LogP contribution >= 0.6 is 15.6 Å². The Labute approximate surface area is 581 Å². The molecule has 0 rings (SSSR count). The van der Waals surface area contributed by atoms with Gasteiger partial charge in [-0.05, 0) is 49.4 Å². The standard InChI is InChI=1S/C76H148O17P2/c1-66(2)52-44-36-28-21-15-13-11-9-10-12-14-16-25-33-42-50-58-75(80)92-71(62-86-73(78)56-48-40-32-24-19-17-22-29-37-45-53-67(3)4)64-90-94(82,83)88-60-70(77)61-89-95(84,85)91-65-72(63-87-74(79)57-49-41-35-27-31-39-47-55-69(7)8)93-76(81)59-51-43-34-26-20-18-23-30-38-46-54-68(5)6/h66-72,77H,9-65H2,1-8H3,(H,82,83)(H,84,85)/t70?,71-,72-/m1/s1. The normalized spacial score (nSPS) is 14.1. The van der Waals surface area contributed by atoms with E-state index in [1.54, 1.807) is 0 Å². The second-order valence-corrected chi connectivity index (χ2v) is 32.2. The lowest BCUT2D eigenvalue weighted by atomic mass is 10.0. The highest BCUT2D eigenvalue weighted by atomic mass is 31.2. The van der Waals surface area contributed by atoms with Gasteiger partial charge in [0.1, 0.15) is 19.3 Å². The van der Waals surface area contributed by atoms with Crippen molar-refractivity contribution in [3.05, 3.63) is 0 Å². The maximum atomic E-state index is 13.1. The number of hydrogen-bond acceptors (Lipinski definition) is 15. The third-order valence-electron chi connectivity index (χ3n) is 17.6. The van der Waals surface area contributed by atoms with Crippen molar-refractivity contribution in [1.82, 2.24) is 0 Å². The van der Waals surface area contributed by atoms with Gasteiger partial charge in [0.15, 0.2) is 12.2 Å². The van der Waals surface area contributed by atoms with Crippen LogP contribution < -0.4 is 0 Å². The van der Waals surface area contributed by atoms with E-state index in [0.29, 0.717) is 31.6 Å². The van der Waals surface area contributed by atoms with Gasteiger partial charge in [-0.2, -0.15) is 0 Å². The minimum atomic E-state index is -4.96. The Morgan fingerprint density at radius 1 is 0.263 bits per heavy atom. The molecule has 19 heteroatoms. The van der Waals surface area contributed by atoms with Crippen LogP contribution in [0, 0.1) is 23.7 Å². The summed E-state index contributed by atoms with van der Waals surface area (Å²) in [5, 5.41) is 10.6. The maximum Gasteiger partial charge on any atom is 0.472 e. The van der Waals surface area contributed by atoms with Gasteiger partial charge in [0.2, 0.25) is 0 Å². The van der Waals surface area contributed by atoms with Gasteiger partial charge in [0, 0.05) is 25.7 Å². The fourth-order valence-corrected chi connectivity index (χ4v) is 13.1. The predicted octanol–water partition coefficient (Wildman–Crippen LogP) is 22.0. The van der Waals surface area contributed by atoms with Crippen molar-refractivity contribution in [1.29, 1.82) is 0 Å². The molecule has 0 amide bonds. The second kappa shape index (κ2) is 65.4. The third-order valence-corrected chi connectivity index (χ3v) is 19.5. The first-order valence-electron chi connectivity index (χ1n) is 39.2. The van der Waals surface area contributed by atoms with Gasteiger partial charge in [-0.3, -0.25) is 37.3 Å². The number of phosphoric ester groups is 2. The lowest BCUT2D eigenvalue weighted by Crippen LogP contribution is -2.30. The molecule has 0 radical (unpaired) electrons. The van der Waals surface area contributed by atoms with Gasteiger partial charge in [0.05, 0.1) is 26.4 Å². The number of aliphatic hydroxyl groups is 1. The summed E-state index contributed by atoms with van der Waals surface area (Å²) in [6.07, 6.45) is 50.1. The van der Waals surface area contributed by atoms with Crippen LogP contribution in [-0.2, 0) is 65.4 Å². The summed E-state index contributed by atoms with van der Waals surface area (Å²) >= 11 is 0. The van der Waals surface area contributed by atoms with E-state index in [1.165, 1.54) is 180 Å². The fourth-order valence-electron chi connectivity index (χ4n) is 11.6. The van der Waals surface area contributed by atoms with Crippen molar-refractivity contribution in [2.45, 2.75) is 401 Å². The van der Waals surface area contributed by atoms with E-state index in [9.17, 15) is 43.2 Å². The molecule has 17 nitrogen and oxygen atoms in total. The first-order chi connectivity index (χ1) is 45.6. The van der Waals surface area contributed by atoms with Crippen molar-refractivity contribution < 1.29 is 80.2 Å². The fraction of sp³-hybridized carbons (Fsp3) is 0.947. The van der Waals surface area contributed by atoms with E-state index in [1.807, 2.05) is 0 Å². The van der Waals surface area contributed by atoms with Crippen molar-refractivity contribution in [2.75, 3.05) is 39.6 Å². The molecule has 0 aliphatic carbocycles. The van der Waals surface area contributed by atoms with Crippen LogP contribution in [0.1, 0.15) is 383 Å². The minimum absolute atomic E-state index is 0.105. The number of carbonyl (C=O) groups excluding carboxylic acids is 4. The first kappa shape index (κ1) is 93.1. The highest BCUT2D eigenvalue weighted by Gasteiger charge is 2.30. The number of ether oxygens (including phenoxy) is 4. The average Bonchev–Trinajstić information content (AvgIpc) is 3.10. The molecular formula is C76H148O17P2. The lowest BCUT2D eigenvalue weighted by Gasteiger charge is -2.21. The van der Waals surface area contributed by atoms with Crippen LogP contribution in [0.15, 0.2) is 0 Å². The van der Waals surface area contributed by atoms with Crippen LogP contribution in [0.5, 0.6) is 0 Å². The molecule has 0 heterocycles. The number of esters is 4. The third kappa shape index (κ3) is 70.3. The maximum absolute atomic E-state index is 13.1. The molecule has 0 saturated heterocycles. The summed E-state index contributed by atoms with van der Waals surface area (Å²) < 4.78 is 68.5. The van der Waals surface area contributed by atoms with Gasteiger partial charge < -0.3 is 33.8 Å². The number of unbranched alkanes of at least 4 members (excludes halogenated alkanes) is 39. The minimum Gasteiger partial charge on any atom is -0.462 e. The van der Waals surface area contributed by atoms with Crippen LogP contribution in [0.25, 0.3) is 0 Å². The quantitative estimate of drug-likeness (QED) is 0.0222. The van der Waals surface area contributed by atoms with Gasteiger partial charge in [-0.25, -0.2) is 9.13 Å². The molecule has 0 aromatic heterocycles. The number of rotatable bonds is 73. The molecule has 0 fully saturated rings. The Morgan fingerprint density at radius 2 is 0.442 bits per heavy atom. The SMILES string of the molecule is CC(C)CCCCCCCCCCCCCCCCCCC(=O)O[C@H](COC(=O)CCCCCCCCCCCCC(C)C)COP(=O)(O)OCC(O)COP(=O)(O)OC[C@@H](COC(=O)CCCCCCCCCC(C)C)OC(=O)CCCCCCCCCCCCC(C)C. The van der Waals surface area contributed by atoms with E-state index < -0.39 is 97.5 Å².